The second kappa shape index (κ2) is 8.19. The Morgan fingerprint density at radius 1 is 1.08 bits per heavy atom. The van der Waals surface area contributed by atoms with E-state index in [1.165, 1.54) is 36.0 Å². The highest BCUT2D eigenvalue weighted by atomic mass is 16.5. The van der Waals surface area contributed by atoms with E-state index >= 15 is 0 Å². The number of para-hydroxylation sites is 1. The summed E-state index contributed by atoms with van der Waals surface area (Å²) in [6.45, 7) is 3.90. The zero-order valence-corrected chi connectivity index (χ0v) is 15.1. The molecule has 0 unspecified atom stereocenters. The van der Waals surface area contributed by atoms with Crippen molar-refractivity contribution < 1.29 is 9.53 Å². The number of hydrogen-bond acceptors (Lipinski definition) is 2. The van der Waals surface area contributed by atoms with Gasteiger partial charge in [-0.15, -0.1) is 0 Å². The Kier molecular flexibility index (Phi) is 5.75. The number of aryl methyl sites for hydroxylation is 2. The number of hydrogen-bond donors (Lipinski definition) is 1. The molecule has 3 heteroatoms. The number of amides is 1. The van der Waals surface area contributed by atoms with Gasteiger partial charge in [-0.3, -0.25) is 4.79 Å². The molecule has 0 saturated heterocycles. The van der Waals surface area contributed by atoms with E-state index in [-0.39, 0.29) is 11.9 Å². The van der Waals surface area contributed by atoms with E-state index < -0.39 is 6.10 Å². The van der Waals surface area contributed by atoms with Crippen LogP contribution in [0.25, 0.3) is 0 Å². The Morgan fingerprint density at radius 2 is 1.80 bits per heavy atom. The summed E-state index contributed by atoms with van der Waals surface area (Å²) in [4.78, 5) is 12.5. The van der Waals surface area contributed by atoms with Crippen LogP contribution in [0.15, 0.2) is 48.5 Å². The molecule has 0 heterocycles. The quantitative estimate of drug-likeness (QED) is 0.836. The first-order valence-corrected chi connectivity index (χ1v) is 9.31. The van der Waals surface area contributed by atoms with Crippen molar-refractivity contribution in [3.8, 4) is 5.75 Å². The molecule has 0 spiro atoms. The van der Waals surface area contributed by atoms with Gasteiger partial charge in [0.25, 0.3) is 5.91 Å². The first-order valence-electron chi connectivity index (χ1n) is 9.31. The lowest BCUT2D eigenvalue weighted by Crippen LogP contribution is -2.38. The van der Waals surface area contributed by atoms with Gasteiger partial charge in [0.05, 0.1) is 6.04 Å². The summed E-state index contributed by atoms with van der Waals surface area (Å²) in [5.41, 5.74) is 4.12. The number of carbonyl (C=O) groups is 1. The number of nitrogens with one attached hydrogen (secondary N) is 1. The third-order valence-electron chi connectivity index (χ3n) is 4.92. The maximum atomic E-state index is 12.5. The third kappa shape index (κ3) is 4.41. The third-order valence-corrected chi connectivity index (χ3v) is 4.92. The molecule has 2 aromatic carbocycles. The maximum absolute atomic E-state index is 12.5. The smallest absolute Gasteiger partial charge is 0.261 e. The standard InChI is InChI=1S/C22H27NO2/c1-3-21(19-14-13-17-9-7-8-10-18(17)15-19)23-22(24)16(2)25-20-11-5-4-6-12-20/h4-6,11-16,21H,3,7-10H2,1-2H3,(H,23,24)/t16-,21+/m1/s1. The topological polar surface area (TPSA) is 38.3 Å². The van der Waals surface area contributed by atoms with Crippen LogP contribution in [0.3, 0.4) is 0 Å². The van der Waals surface area contributed by atoms with Crippen molar-refractivity contribution in [3.63, 3.8) is 0 Å². The van der Waals surface area contributed by atoms with Crippen molar-refractivity contribution >= 4 is 5.91 Å². The number of carbonyl (C=O) groups excluding carboxylic acids is 1. The van der Waals surface area contributed by atoms with Crippen LogP contribution >= 0.6 is 0 Å². The molecule has 3 rings (SSSR count). The molecule has 1 aliphatic rings. The van der Waals surface area contributed by atoms with Crippen LogP contribution in [0.4, 0.5) is 0 Å². The van der Waals surface area contributed by atoms with Gasteiger partial charge in [-0.25, -0.2) is 0 Å². The van der Waals surface area contributed by atoms with Gasteiger partial charge < -0.3 is 10.1 Å². The van der Waals surface area contributed by atoms with Gasteiger partial charge in [-0.05, 0) is 67.9 Å². The summed E-state index contributed by atoms with van der Waals surface area (Å²) in [5.74, 6) is 0.639. The van der Waals surface area contributed by atoms with E-state index in [1.807, 2.05) is 30.3 Å². The van der Waals surface area contributed by atoms with Crippen LogP contribution < -0.4 is 10.1 Å². The Balaban J connectivity index is 1.66. The van der Waals surface area contributed by atoms with E-state index in [0.29, 0.717) is 5.75 Å². The lowest BCUT2D eigenvalue weighted by molar-refractivity contribution is -0.128. The Morgan fingerprint density at radius 3 is 2.52 bits per heavy atom. The average molecular weight is 337 g/mol. The van der Waals surface area contributed by atoms with Crippen molar-refractivity contribution in [2.24, 2.45) is 0 Å². The maximum Gasteiger partial charge on any atom is 0.261 e. The summed E-state index contributed by atoms with van der Waals surface area (Å²) < 4.78 is 5.74. The van der Waals surface area contributed by atoms with Gasteiger partial charge in [-0.2, -0.15) is 0 Å². The molecule has 2 atom stereocenters. The van der Waals surface area contributed by atoms with Gasteiger partial charge in [0, 0.05) is 0 Å². The molecule has 0 fully saturated rings. The highest BCUT2D eigenvalue weighted by Gasteiger charge is 2.20. The molecule has 1 N–H and O–H groups in total. The fraction of sp³-hybridized carbons (Fsp3) is 0.409. The molecule has 0 aliphatic heterocycles. The molecule has 0 bridgehead atoms. The highest BCUT2D eigenvalue weighted by Crippen LogP contribution is 2.26. The van der Waals surface area contributed by atoms with Crippen LogP contribution in [-0.2, 0) is 17.6 Å². The summed E-state index contributed by atoms with van der Waals surface area (Å²) >= 11 is 0. The zero-order chi connectivity index (χ0) is 17.6. The molecule has 132 valence electrons. The molecule has 1 aliphatic carbocycles. The Hall–Kier alpha value is -2.29. The molecule has 25 heavy (non-hydrogen) atoms. The molecule has 0 saturated carbocycles. The summed E-state index contributed by atoms with van der Waals surface area (Å²) in [6, 6.07) is 16.2. The highest BCUT2D eigenvalue weighted by molar-refractivity contribution is 5.81. The van der Waals surface area contributed by atoms with Gasteiger partial charge >= 0.3 is 0 Å². The first kappa shape index (κ1) is 17.5. The number of benzene rings is 2. The number of ether oxygens (including phenoxy) is 1. The molecule has 0 aromatic heterocycles. The van der Waals surface area contributed by atoms with E-state index in [1.54, 1.807) is 6.92 Å². The molecule has 3 nitrogen and oxygen atoms in total. The van der Waals surface area contributed by atoms with Gasteiger partial charge in [0.2, 0.25) is 0 Å². The lowest BCUT2D eigenvalue weighted by Gasteiger charge is -2.23. The monoisotopic (exact) mass is 337 g/mol. The molecule has 0 radical (unpaired) electrons. The minimum Gasteiger partial charge on any atom is -0.481 e. The number of rotatable bonds is 6. The largest absolute Gasteiger partial charge is 0.481 e. The molecular weight excluding hydrogens is 310 g/mol. The van der Waals surface area contributed by atoms with Gasteiger partial charge in [-0.1, -0.05) is 43.3 Å². The van der Waals surface area contributed by atoms with Crippen LogP contribution in [0.5, 0.6) is 5.75 Å². The summed E-state index contributed by atoms with van der Waals surface area (Å²) in [5, 5.41) is 3.15. The van der Waals surface area contributed by atoms with Crippen molar-refractivity contribution in [3.05, 3.63) is 65.2 Å². The van der Waals surface area contributed by atoms with E-state index in [2.05, 4.69) is 30.4 Å². The van der Waals surface area contributed by atoms with Crippen LogP contribution in [0.1, 0.15) is 55.8 Å². The van der Waals surface area contributed by atoms with E-state index in [0.717, 1.165) is 12.8 Å². The Bertz CT molecular complexity index is 711. The van der Waals surface area contributed by atoms with Crippen LogP contribution in [0, 0.1) is 0 Å². The van der Waals surface area contributed by atoms with E-state index in [9.17, 15) is 4.79 Å². The van der Waals surface area contributed by atoms with Crippen molar-refractivity contribution in [1.29, 1.82) is 0 Å². The minimum absolute atomic E-state index is 0.0292. The van der Waals surface area contributed by atoms with Crippen LogP contribution in [-0.4, -0.2) is 12.0 Å². The lowest BCUT2D eigenvalue weighted by atomic mass is 9.89. The first-order chi connectivity index (χ1) is 12.2. The predicted molar refractivity (Wildman–Crippen MR) is 101 cm³/mol. The number of fused-ring (bicyclic) bond motifs is 1. The van der Waals surface area contributed by atoms with Crippen LogP contribution in [0.2, 0.25) is 0 Å². The van der Waals surface area contributed by atoms with Gasteiger partial charge in [0.1, 0.15) is 5.75 Å². The second-order valence-electron chi connectivity index (χ2n) is 6.78. The van der Waals surface area contributed by atoms with Crippen molar-refractivity contribution in [2.45, 2.75) is 58.1 Å². The molecular formula is C22H27NO2. The van der Waals surface area contributed by atoms with Gasteiger partial charge in [0.15, 0.2) is 6.10 Å². The summed E-state index contributed by atoms with van der Waals surface area (Å²) in [6.07, 6.45) is 5.23. The molecule has 1 amide bonds. The molecule has 2 aromatic rings. The summed E-state index contributed by atoms with van der Waals surface area (Å²) in [7, 11) is 0. The average Bonchev–Trinajstić information content (AvgIpc) is 2.66. The Labute approximate surface area is 150 Å². The minimum atomic E-state index is -0.519. The van der Waals surface area contributed by atoms with E-state index in [4.69, 9.17) is 4.74 Å². The second-order valence-corrected chi connectivity index (χ2v) is 6.78. The zero-order valence-electron chi connectivity index (χ0n) is 15.1. The SMILES string of the molecule is CC[C@H](NC(=O)[C@@H](C)Oc1ccccc1)c1ccc2c(c1)CCCC2. The fourth-order valence-corrected chi connectivity index (χ4v) is 3.44. The predicted octanol–water partition coefficient (Wildman–Crippen LogP) is 4.60. The van der Waals surface area contributed by atoms with Crippen molar-refractivity contribution in [1.82, 2.24) is 5.32 Å². The van der Waals surface area contributed by atoms with Crippen molar-refractivity contribution in [2.75, 3.05) is 0 Å². The fourth-order valence-electron chi connectivity index (χ4n) is 3.44. The normalized spacial score (nSPS) is 15.8.